The highest BCUT2D eigenvalue weighted by Gasteiger charge is 2.41. The molecule has 92 valence electrons. The molecule has 1 aliphatic carbocycles. The maximum Gasteiger partial charge on any atom is 0.251 e. The van der Waals surface area contributed by atoms with Crippen molar-refractivity contribution in [2.45, 2.75) is 25.3 Å². The first kappa shape index (κ1) is 12.0. The number of nitrogens with two attached hydrogens (primary N) is 1. The van der Waals surface area contributed by atoms with E-state index in [0.29, 0.717) is 18.0 Å². The van der Waals surface area contributed by atoms with E-state index in [1.807, 2.05) is 6.92 Å². The molecule has 1 unspecified atom stereocenters. The molecule has 1 aromatic rings. The highest BCUT2D eigenvalue weighted by atomic mass is 19.1. The van der Waals surface area contributed by atoms with Crippen molar-refractivity contribution in [2.75, 3.05) is 6.54 Å². The monoisotopic (exact) mass is 236 g/mol. The first-order chi connectivity index (χ1) is 8.05. The summed E-state index contributed by atoms with van der Waals surface area (Å²) in [7, 11) is 0. The van der Waals surface area contributed by atoms with Crippen molar-refractivity contribution >= 4 is 5.91 Å². The minimum Gasteiger partial charge on any atom is -0.345 e. The van der Waals surface area contributed by atoms with Crippen LogP contribution in [0.4, 0.5) is 4.39 Å². The van der Waals surface area contributed by atoms with Crippen LogP contribution in [0, 0.1) is 11.7 Å². The normalized spacial score (nSPS) is 18.5. The van der Waals surface area contributed by atoms with Gasteiger partial charge in [-0.1, -0.05) is 6.07 Å². The zero-order chi connectivity index (χ0) is 12.5. The van der Waals surface area contributed by atoms with Gasteiger partial charge in [0.05, 0.1) is 5.54 Å². The van der Waals surface area contributed by atoms with Crippen LogP contribution in [0.3, 0.4) is 0 Å². The zero-order valence-corrected chi connectivity index (χ0v) is 9.87. The second-order valence-electron chi connectivity index (χ2n) is 4.86. The summed E-state index contributed by atoms with van der Waals surface area (Å²) >= 11 is 0. The minimum absolute atomic E-state index is 0.260. The second kappa shape index (κ2) is 4.45. The highest BCUT2D eigenvalue weighted by molar-refractivity contribution is 5.94. The van der Waals surface area contributed by atoms with Gasteiger partial charge in [0.25, 0.3) is 5.91 Å². The molecule has 17 heavy (non-hydrogen) atoms. The number of hydrogen-bond acceptors (Lipinski definition) is 2. The van der Waals surface area contributed by atoms with Gasteiger partial charge in [0.1, 0.15) is 5.82 Å². The van der Waals surface area contributed by atoms with Crippen molar-refractivity contribution in [3.8, 4) is 0 Å². The highest BCUT2D eigenvalue weighted by Crippen LogP contribution is 2.39. The summed E-state index contributed by atoms with van der Waals surface area (Å²) in [6, 6.07) is 5.68. The molecule has 1 atom stereocenters. The standard InChI is InChI=1S/C13H17FN2O/c1-13(8-15,10-5-6-10)16-12(17)9-3-2-4-11(14)7-9/h2-4,7,10H,5-6,8,15H2,1H3,(H,16,17). The first-order valence-corrected chi connectivity index (χ1v) is 5.83. The Labute approximate surface area is 100 Å². The maximum absolute atomic E-state index is 13.0. The van der Waals surface area contributed by atoms with E-state index in [1.165, 1.54) is 18.2 Å². The number of carbonyl (C=O) groups excluding carboxylic acids is 1. The molecule has 0 saturated heterocycles. The molecule has 4 heteroatoms. The molecule has 0 aromatic heterocycles. The molecule has 3 N–H and O–H groups in total. The summed E-state index contributed by atoms with van der Waals surface area (Å²) in [5, 5.41) is 2.92. The Kier molecular flexibility index (Phi) is 3.15. The number of benzene rings is 1. The molecule has 1 fully saturated rings. The number of nitrogens with one attached hydrogen (secondary N) is 1. The fraction of sp³-hybridized carbons (Fsp3) is 0.462. The van der Waals surface area contributed by atoms with Crippen LogP contribution in [0.2, 0.25) is 0 Å². The van der Waals surface area contributed by atoms with E-state index in [4.69, 9.17) is 5.73 Å². The van der Waals surface area contributed by atoms with Gasteiger partial charge < -0.3 is 11.1 Å². The molecule has 1 amide bonds. The fourth-order valence-electron chi connectivity index (χ4n) is 2.00. The summed E-state index contributed by atoms with van der Waals surface area (Å²) < 4.78 is 13.0. The van der Waals surface area contributed by atoms with Gasteiger partial charge in [0.15, 0.2) is 0 Å². The third-order valence-electron chi connectivity index (χ3n) is 3.39. The zero-order valence-electron chi connectivity index (χ0n) is 9.87. The van der Waals surface area contributed by atoms with Crippen LogP contribution in [-0.4, -0.2) is 18.0 Å². The van der Waals surface area contributed by atoms with E-state index in [9.17, 15) is 9.18 Å². The Bertz CT molecular complexity index is 431. The van der Waals surface area contributed by atoms with E-state index in [2.05, 4.69) is 5.32 Å². The van der Waals surface area contributed by atoms with E-state index in [-0.39, 0.29) is 11.4 Å². The fourth-order valence-corrected chi connectivity index (χ4v) is 2.00. The van der Waals surface area contributed by atoms with Crippen LogP contribution in [0.15, 0.2) is 24.3 Å². The predicted molar refractivity (Wildman–Crippen MR) is 64.0 cm³/mol. The average Bonchev–Trinajstić information content (AvgIpc) is 3.13. The third kappa shape index (κ3) is 2.64. The molecule has 1 aliphatic rings. The molecule has 0 bridgehead atoms. The van der Waals surface area contributed by atoms with Gasteiger partial charge in [-0.05, 0) is 43.9 Å². The summed E-state index contributed by atoms with van der Waals surface area (Å²) in [6.07, 6.45) is 2.19. The number of carbonyl (C=O) groups is 1. The van der Waals surface area contributed by atoms with Crippen LogP contribution in [0.1, 0.15) is 30.1 Å². The Hall–Kier alpha value is -1.42. The van der Waals surface area contributed by atoms with Crippen molar-refractivity contribution in [1.82, 2.24) is 5.32 Å². The molecular formula is C13H17FN2O. The van der Waals surface area contributed by atoms with E-state index < -0.39 is 5.82 Å². The van der Waals surface area contributed by atoms with E-state index in [1.54, 1.807) is 6.07 Å². The summed E-state index contributed by atoms with van der Waals surface area (Å²) in [5.74, 6) is -0.215. The van der Waals surface area contributed by atoms with Crippen LogP contribution in [0.5, 0.6) is 0 Å². The Morgan fingerprint density at radius 2 is 2.29 bits per heavy atom. The van der Waals surface area contributed by atoms with Crippen molar-refractivity contribution in [3.05, 3.63) is 35.6 Å². The largest absolute Gasteiger partial charge is 0.345 e. The predicted octanol–water partition coefficient (Wildman–Crippen LogP) is 1.68. The van der Waals surface area contributed by atoms with Gasteiger partial charge in [-0.15, -0.1) is 0 Å². The molecule has 0 heterocycles. The Morgan fingerprint density at radius 1 is 1.59 bits per heavy atom. The third-order valence-corrected chi connectivity index (χ3v) is 3.39. The topological polar surface area (TPSA) is 55.1 Å². The van der Waals surface area contributed by atoms with Gasteiger partial charge in [0.2, 0.25) is 0 Å². The maximum atomic E-state index is 13.0. The van der Waals surface area contributed by atoms with Crippen LogP contribution in [-0.2, 0) is 0 Å². The first-order valence-electron chi connectivity index (χ1n) is 5.83. The molecule has 0 radical (unpaired) electrons. The molecule has 1 saturated carbocycles. The van der Waals surface area contributed by atoms with Crippen molar-refractivity contribution in [3.63, 3.8) is 0 Å². The molecule has 1 aromatic carbocycles. The van der Waals surface area contributed by atoms with Crippen LogP contribution in [0.25, 0.3) is 0 Å². The van der Waals surface area contributed by atoms with Gasteiger partial charge in [0, 0.05) is 12.1 Å². The molecule has 3 nitrogen and oxygen atoms in total. The smallest absolute Gasteiger partial charge is 0.251 e. The number of amides is 1. The summed E-state index contributed by atoms with van der Waals surface area (Å²) in [6.45, 7) is 2.35. The SMILES string of the molecule is CC(CN)(NC(=O)c1cccc(F)c1)C1CC1. The molecule has 0 aliphatic heterocycles. The Balaban J connectivity index is 2.10. The van der Waals surface area contributed by atoms with Gasteiger partial charge in [-0.25, -0.2) is 4.39 Å². The minimum atomic E-state index is -0.404. The number of hydrogen-bond donors (Lipinski definition) is 2. The molecular weight excluding hydrogens is 219 g/mol. The van der Waals surface area contributed by atoms with Crippen molar-refractivity contribution in [1.29, 1.82) is 0 Å². The van der Waals surface area contributed by atoms with E-state index >= 15 is 0 Å². The van der Waals surface area contributed by atoms with Crippen molar-refractivity contribution in [2.24, 2.45) is 11.7 Å². The average molecular weight is 236 g/mol. The van der Waals surface area contributed by atoms with Crippen molar-refractivity contribution < 1.29 is 9.18 Å². The number of rotatable bonds is 4. The van der Waals surface area contributed by atoms with Gasteiger partial charge in [-0.2, -0.15) is 0 Å². The quantitative estimate of drug-likeness (QED) is 0.835. The lowest BCUT2D eigenvalue weighted by atomic mass is 9.95. The second-order valence-corrected chi connectivity index (χ2v) is 4.86. The van der Waals surface area contributed by atoms with Crippen LogP contribution >= 0.6 is 0 Å². The van der Waals surface area contributed by atoms with Gasteiger partial charge >= 0.3 is 0 Å². The molecule has 0 spiro atoms. The number of halogens is 1. The Morgan fingerprint density at radius 3 is 2.82 bits per heavy atom. The lowest BCUT2D eigenvalue weighted by Crippen LogP contribution is -2.53. The van der Waals surface area contributed by atoms with Gasteiger partial charge in [-0.3, -0.25) is 4.79 Å². The van der Waals surface area contributed by atoms with Crippen LogP contribution < -0.4 is 11.1 Å². The lowest BCUT2D eigenvalue weighted by Gasteiger charge is -2.29. The molecule has 2 rings (SSSR count). The summed E-state index contributed by atoms with van der Waals surface area (Å²) in [4.78, 5) is 12.0. The summed E-state index contributed by atoms with van der Waals surface area (Å²) in [5.41, 5.74) is 5.68. The lowest BCUT2D eigenvalue weighted by molar-refractivity contribution is 0.0897. The van der Waals surface area contributed by atoms with E-state index in [0.717, 1.165) is 12.8 Å².